The van der Waals surface area contributed by atoms with Gasteiger partial charge >= 0.3 is 0 Å². The lowest BCUT2D eigenvalue weighted by atomic mass is 10.1. The second-order valence-electron chi connectivity index (χ2n) is 6.63. The van der Waals surface area contributed by atoms with Crippen LogP contribution in [0.25, 0.3) is 32.7 Å². The fourth-order valence-corrected chi connectivity index (χ4v) is 2.96. The van der Waals surface area contributed by atoms with Crippen molar-refractivity contribution in [3.8, 4) is 22.8 Å². The van der Waals surface area contributed by atoms with Crippen LogP contribution in [0.2, 0.25) is 0 Å². The van der Waals surface area contributed by atoms with Crippen molar-refractivity contribution in [2.75, 3.05) is 13.1 Å². The van der Waals surface area contributed by atoms with Crippen LogP contribution in [0.4, 0.5) is 0 Å². The molecule has 1 amide bonds. The molecule has 30 heavy (non-hydrogen) atoms. The van der Waals surface area contributed by atoms with Gasteiger partial charge in [0.05, 0.1) is 5.39 Å². The van der Waals surface area contributed by atoms with Crippen molar-refractivity contribution in [3.63, 3.8) is 0 Å². The number of nitrogens with zero attached hydrogens (tertiary/aromatic N) is 3. The first-order valence-corrected chi connectivity index (χ1v) is 9.39. The van der Waals surface area contributed by atoms with Gasteiger partial charge in [-0.25, -0.2) is 0 Å². The predicted octanol–water partition coefficient (Wildman–Crippen LogP) is 4.08. The number of benzene rings is 2. The zero-order chi connectivity index (χ0) is 21.5. The summed E-state index contributed by atoms with van der Waals surface area (Å²) in [6.45, 7) is 0.966. The van der Waals surface area contributed by atoms with Crippen LogP contribution in [0.15, 0.2) is 56.8 Å². The van der Waals surface area contributed by atoms with Crippen LogP contribution in [0.1, 0.15) is 29.6 Å². The van der Waals surface area contributed by atoms with Crippen molar-refractivity contribution in [2.45, 2.75) is 19.3 Å². The van der Waals surface area contributed by atoms with Gasteiger partial charge in [-0.2, -0.15) is 0 Å². The quantitative estimate of drug-likeness (QED) is 0.169. The highest BCUT2D eigenvalue weighted by molar-refractivity contribution is 5.94. The van der Waals surface area contributed by atoms with Crippen LogP contribution in [0.3, 0.4) is 0 Å². The van der Waals surface area contributed by atoms with Gasteiger partial charge in [0.15, 0.2) is 16.8 Å². The molecule has 0 radical (unpaired) electrons. The molecule has 0 unspecified atom stereocenters. The number of azide groups is 1. The normalized spacial score (nSPS) is 10.5. The third-order valence-electron chi connectivity index (χ3n) is 4.57. The molecule has 9 nitrogen and oxygen atoms in total. The summed E-state index contributed by atoms with van der Waals surface area (Å²) in [5.74, 6) is -0.894. The monoisotopic (exact) mass is 408 g/mol. The van der Waals surface area contributed by atoms with Gasteiger partial charge in [0.25, 0.3) is 5.91 Å². The first-order valence-electron chi connectivity index (χ1n) is 9.39. The molecule has 0 spiro atoms. The minimum absolute atomic E-state index is 0.0974. The lowest BCUT2D eigenvalue weighted by Crippen LogP contribution is -2.24. The lowest BCUT2D eigenvalue weighted by molar-refractivity contribution is 0.0953. The molecule has 2 aromatic carbocycles. The summed E-state index contributed by atoms with van der Waals surface area (Å²) in [6, 6.07) is 10.4. The van der Waals surface area contributed by atoms with Crippen molar-refractivity contribution in [3.05, 3.63) is 68.7 Å². The Kier molecular flexibility index (Phi) is 6.56. The van der Waals surface area contributed by atoms with Gasteiger partial charge in [0.2, 0.25) is 5.75 Å². The smallest absolute Gasteiger partial charge is 0.251 e. The first-order chi connectivity index (χ1) is 14.5. The highest BCUT2D eigenvalue weighted by Crippen LogP contribution is 2.34. The van der Waals surface area contributed by atoms with E-state index < -0.39 is 5.75 Å². The molecule has 3 N–H and O–H groups in total. The van der Waals surface area contributed by atoms with E-state index in [1.807, 2.05) is 0 Å². The highest BCUT2D eigenvalue weighted by Gasteiger charge is 2.14. The summed E-state index contributed by atoms with van der Waals surface area (Å²) in [7, 11) is 0. The maximum Gasteiger partial charge on any atom is 0.251 e. The van der Waals surface area contributed by atoms with Crippen LogP contribution < -0.4 is 10.7 Å². The SMILES string of the molecule is [N-]=[N+]=NCCCCCNC(=O)c1ccc(-c2cc(=O)c3ccc(O)c(O)c3o2)cc1. The van der Waals surface area contributed by atoms with Crippen molar-refractivity contribution < 1.29 is 19.4 Å². The minimum atomic E-state index is -0.498. The number of nitrogens with one attached hydrogen (secondary N) is 1. The molecule has 0 atom stereocenters. The van der Waals surface area contributed by atoms with E-state index in [1.54, 1.807) is 24.3 Å². The molecule has 0 saturated carbocycles. The largest absolute Gasteiger partial charge is 0.504 e. The topological polar surface area (TPSA) is 149 Å². The molecular formula is C21H20N4O5. The number of aromatic hydroxyl groups is 2. The number of phenolic OH excluding ortho intramolecular Hbond substituents is 2. The number of carbonyl (C=O) groups is 1. The summed E-state index contributed by atoms with van der Waals surface area (Å²) in [5.41, 5.74) is 8.75. The molecule has 3 rings (SSSR count). The Morgan fingerprint density at radius 1 is 1.10 bits per heavy atom. The number of fused-ring (bicyclic) bond motifs is 1. The number of phenols is 2. The third-order valence-corrected chi connectivity index (χ3v) is 4.57. The van der Waals surface area contributed by atoms with E-state index in [4.69, 9.17) is 9.95 Å². The van der Waals surface area contributed by atoms with Crippen LogP contribution >= 0.6 is 0 Å². The Labute approximate surface area is 171 Å². The Bertz CT molecular complexity index is 1160. The predicted molar refractivity (Wildman–Crippen MR) is 111 cm³/mol. The fraction of sp³-hybridized carbons (Fsp3) is 0.238. The number of carbonyl (C=O) groups excluding carboxylic acids is 1. The molecule has 0 bridgehead atoms. The second kappa shape index (κ2) is 9.49. The lowest BCUT2D eigenvalue weighted by Gasteiger charge is -2.07. The zero-order valence-electron chi connectivity index (χ0n) is 16.0. The Hall–Kier alpha value is -3.97. The van der Waals surface area contributed by atoms with Crippen LogP contribution in [-0.2, 0) is 0 Å². The van der Waals surface area contributed by atoms with Crippen LogP contribution in [0, 0.1) is 0 Å². The molecule has 3 aromatic rings. The minimum Gasteiger partial charge on any atom is -0.504 e. The molecule has 1 heterocycles. The Balaban J connectivity index is 1.68. The van der Waals surface area contributed by atoms with E-state index in [1.165, 1.54) is 18.2 Å². The molecule has 0 fully saturated rings. The van der Waals surface area contributed by atoms with Crippen molar-refractivity contribution in [1.82, 2.24) is 5.32 Å². The van der Waals surface area contributed by atoms with E-state index in [0.717, 1.165) is 19.3 Å². The second-order valence-corrected chi connectivity index (χ2v) is 6.63. The average Bonchev–Trinajstić information content (AvgIpc) is 2.75. The first kappa shape index (κ1) is 20.8. The molecule has 154 valence electrons. The Morgan fingerprint density at radius 2 is 1.87 bits per heavy atom. The molecule has 0 saturated heterocycles. The number of hydrogen-bond acceptors (Lipinski definition) is 6. The summed E-state index contributed by atoms with van der Waals surface area (Å²) >= 11 is 0. The van der Waals surface area contributed by atoms with Gasteiger partial charge in [0.1, 0.15) is 5.76 Å². The number of amides is 1. The van der Waals surface area contributed by atoms with E-state index in [2.05, 4.69) is 15.3 Å². The summed E-state index contributed by atoms with van der Waals surface area (Å²) in [5, 5.41) is 26.0. The summed E-state index contributed by atoms with van der Waals surface area (Å²) in [4.78, 5) is 27.2. The van der Waals surface area contributed by atoms with E-state index >= 15 is 0 Å². The number of unbranched alkanes of at least 4 members (excludes halogenated alkanes) is 2. The summed E-state index contributed by atoms with van der Waals surface area (Å²) < 4.78 is 5.62. The van der Waals surface area contributed by atoms with Gasteiger partial charge < -0.3 is 19.9 Å². The van der Waals surface area contributed by atoms with Gasteiger partial charge in [-0.3, -0.25) is 9.59 Å². The number of rotatable bonds is 8. The van der Waals surface area contributed by atoms with Crippen molar-refractivity contribution in [2.24, 2.45) is 5.11 Å². The van der Waals surface area contributed by atoms with Gasteiger partial charge in [-0.05, 0) is 42.6 Å². The molecule has 9 heteroatoms. The number of hydrogen-bond donors (Lipinski definition) is 3. The fourth-order valence-electron chi connectivity index (χ4n) is 2.96. The molecule has 0 aliphatic carbocycles. The molecule has 0 aliphatic rings. The van der Waals surface area contributed by atoms with Crippen molar-refractivity contribution in [1.29, 1.82) is 0 Å². The standard InChI is InChI=1S/C21H20N4O5/c22-25-24-11-3-1-2-10-23-21(29)14-6-4-13(5-7-14)18-12-17(27)15-8-9-16(26)19(28)20(15)30-18/h4-9,12,26,28H,1-3,10-11H2,(H,23,29). The van der Waals surface area contributed by atoms with E-state index in [-0.39, 0.29) is 33.8 Å². The third kappa shape index (κ3) is 4.71. The van der Waals surface area contributed by atoms with Crippen LogP contribution in [-0.4, -0.2) is 29.2 Å². The molecule has 1 aromatic heterocycles. The zero-order valence-corrected chi connectivity index (χ0v) is 16.0. The highest BCUT2D eigenvalue weighted by atomic mass is 16.4. The van der Waals surface area contributed by atoms with Gasteiger partial charge in [-0.15, -0.1) is 0 Å². The molecule has 0 aliphatic heterocycles. The summed E-state index contributed by atoms with van der Waals surface area (Å²) in [6.07, 6.45) is 2.41. The van der Waals surface area contributed by atoms with E-state index in [9.17, 15) is 19.8 Å². The van der Waals surface area contributed by atoms with Crippen molar-refractivity contribution >= 4 is 16.9 Å². The molecular weight excluding hydrogens is 388 g/mol. The average molecular weight is 408 g/mol. The van der Waals surface area contributed by atoms with Gasteiger partial charge in [0, 0.05) is 35.2 Å². The van der Waals surface area contributed by atoms with Crippen LogP contribution in [0.5, 0.6) is 11.5 Å². The van der Waals surface area contributed by atoms with E-state index in [0.29, 0.717) is 24.2 Å². The Morgan fingerprint density at radius 3 is 2.60 bits per heavy atom. The maximum absolute atomic E-state index is 12.3. The maximum atomic E-state index is 12.3. The van der Waals surface area contributed by atoms with Gasteiger partial charge in [-0.1, -0.05) is 23.7 Å².